The summed E-state index contributed by atoms with van der Waals surface area (Å²) in [5.41, 5.74) is -2.48. The third-order valence-electron chi connectivity index (χ3n) is 9.76. The van der Waals surface area contributed by atoms with Crippen molar-refractivity contribution in [3.63, 3.8) is 0 Å². The van der Waals surface area contributed by atoms with Crippen molar-refractivity contribution in [2.24, 2.45) is 41.0 Å². The molecule has 0 saturated heterocycles. The van der Waals surface area contributed by atoms with E-state index < -0.39 is 34.6 Å². The minimum atomic E-state index is -0.786. The molecule has 0 aromatic carbocycles. The fraction of sp³-hybridized carbons (Fsp3) is 0.692. The Morgan fingerprint density at radius 3 is 2.67 bits per heavy atom. The number of ether oxygens (including phenoxy) is 1. The van der Waals surface area contributed by atoms with E-state index in [0.717, 1.165) is 19.3 Å². The van der Waals surface area contributed by atoms with Crippen LogP contribution in [-0.4, -0.2) is 38.6 Å². The first-order chi connectivity index (χ1) is 15.4. The van der Waals surface area contributed by atoms with Crippen LogP contribution in [0.5, 0.6) is 0 Å². The van der Waals surface area contributed by atoms with Crippen LogP contribution in [0, 0.1) is 34.0 Å². The second kappa shape index (κ2) is 7.90. The molecule has 1 N–H and O–H groups in total. The number of ketones is 1. The van der Waals surface area contributed by atoms with E-state index in [4.69, 9.17) is 4.74 Å². The highest BCUT2D eigenvalue weighted by Crippen LogP contribution is 2.68. The molecule has 1 aromatic heterocycles. The standard InChI is InChI=1S/C26H36N2O5/c1-7-24(4)14-18(33-23(32)19-22(31)28(6)13-12-27-19)25(5)15(2)8-10-26(16(3)21(24)30)11-9-17(29)20(25)26/h7,12-13,15-16,18,20-21,30H,1,8-11,14H2,2-6H3/t15-,16+,18-,20?,21+,24-,25+,26?/m1/s1. The lowest BCUT2D eigenvalue weighted by atomic mass is 9.44. The molecule has 3 aliphatic carbocycles. The number of aliphatic hydroxyl groups excluding tert-OH is 1. The first kappa shape index (κ1) is 23.9. The summed E-state index contributed by atoms with van der Waals surface area (Å²) in [5, 5.41) is 11.6. The van der Waals surface area contributed by atoms with Crippen LogP contribution in [0.3, 0.4) is 0 Å². The quantitative estimate of drug-likeness (QED) is 0.554. The van der Waals surface area contributed by atoms with Crippen LogP contribution < -0.4 is 5.56 Å². The Kier molecular flexibility index (Phi) is 5.71. The molecule has 7 heteroatoms. The van der Waals surface area contributed by atoms with Gasteiger partial charge in [-0.1, -0.05) is 33.8 Å². The number of esters is 1. The zero-order chi connectivity index (χ0) is 24.3. The van der Waals surface area contributed by atoms with E-state index in [1.807, 2.05) is 6.92 Å². The number of hydrogen-bond acceptors (Lipinski definition) is 6. The number of rotatable bonds is 3. The fourth-order valence-corrected chi connectivity index (χ4v) is 7.32. The van der Waals surface area contributed by atoms with Crippen LogP contribution >= 0.6 is 0 Å². The fourth-order valence-electron chi connectivity index (χ4n) is 7.32. The van der Waals surface area contributed by atoms with Gasteiger partial charge in [-0.05, 0) is 42.9 Å². The Morgan fingerprint density at radius 1 is 1.30 bits per heavy atom. The van der Waals surface area contributed by atoms with Gasteiger partial charge in [0.1, 0.15) is 11.9 Å². The van der Waals surface area contributed by atoms with Crippen molar-refractivity contribution in [2.45, 2.75) is 72.0 Å². The monoisotopic (exact) mass is 456 g/mol. The second-order valence-corrected chi connectivity index (χ2v) is 11.2. The van der Waals surface area contributed by atoms with Crippen molar-refractivity contribution in [1.29, 1.82) is 0 Å². The highest BCUT2D eigenvalue weighted by molar-refractivity contribution is 5.87. The molecule has 3 aliphatic rings. The zero-order valence-electron chi connectivity index (χ0n) is 20.3. The van der Waals surface area contributed by atoms with Gasteiger partial charge in [0.25, 0.3) is 5.56 Å². The zero-order valence-corrected chi connectivity index (χ0v) is 20.3. The number of aromatic nitrogens is 2. The van der Waals surface area contributed by atoms with Crippen LogP contribution in [0.2, 0.25) is 0 Å². The van der Waals surface area contributed by atoms with E-state index in [0.29, 0.717) is 12.8 Å². The molecule has 180 valence electrons. The lowest BCUT2D eigenvalue weighted by molar-refractivity contribution is -0.192. The molecular weight excluding hydrogens is 420 g/mol. The van der Waals surface area contributed by atoms with Crippen molar-refractivity contribution in [3.8, 4) is 0 Å². The van der Waals surface area contributed by atoms with Gasteiger partial charge < -0.3 is 14.4 Å². The second-order valence-electron chi connectivity index (χ2n) is 11.2. The van der Waals surface area contributed by atoms with Gasteiger partial charge in [-0.2, -0.15) is 0 Å². The minimum Gasteiger partial charge on any atom is -0.457 e. The van der Waals surface area contributed by atoms with Gasteiger partial charge in [-0.3, -0.25) is 9.59 Å². The summed E-state index contributed by atoms with van der Waals surface area (Å²) in [6.45, 7) is 12.2. The van der Waals surface area contributed by atoms with Gasteiger partial charge in [0.15, 0.2) is 0 Å². The number of aryl methyl sites for hydroxylation is 1. The summed E-state index contributed by atoms with van der Waals surface area (Å²) >= 11 is 0. The number of Topliss-reactive ketones (excluding diaryl/α,β-unsaturated/α-hetero) is 1. The summed E-state index contributed by atoms with van der Waals surface area (Å²) in [4.78, 5) is 43.2. The molecule has 33 heavy (non-hydrogen) atoms. The summed E-state index contributed by atoms with van der Waals surface area (Å²) in [6.07, 6.45) is 6.53. The van der Waals surface area contributed by atoms with E-state index >= 15 is 0 Å². The molecule has 2 bridgehead atoms. The maximum absolute atomic E-state index is 13.4. The van der Waals surface area contributed by atoms with E-state index in [1.54, 1.807) is 13.1 Å². The predicted octanol–water partition coefficient (Wildman–Crippen LogP) is 3.30. The Morgan fingerprint density at radius 2 is 2.00 bits per heavy atom. The normalized spacial score (nSPS) is 42.7. The Bertz CT molecular complexity index is 1050. The predicted molar refractivity (Wildman–Crippen MR) is 123 cm³/mol. The Hall–Kier alpha value is -2.28. The van der Waals surface area contributed by atoms with Gasteiger partial charge in [-0.15, -0.1) is 6.58 Å². The first-order valence-electron chi connectivity index (χ1n) is 12.0. The van der Waals surface area contributed by atoms with Crippen LogP contribution in [0.25, 0.3) is 0 Å². The summed E-state index contributed by atoms with van der Waals surface area (Å²) < 4.78 is 7.41. The maximum atomic E-state index is 13.4. The van der Waals surface area contributed by atoms with Crippen LogP contribution in [0.1, 0.15) is 70.3 Å². The highest BCUT2D eigenvalue weighted by atomic mass is 16.5. The summed E-state index contributed by atoms with van der Waals surface area (Å²) in [6, 6.07) is 0. The maximum Gasteiger partial charge on any atom is 0.363 e. The summed E-state index contributed by atoms with van der Waals surface area (Å²) in [5.74, 6) is -0.870. The van der Waals surface area contributed by atoms with Crippen LogP contribution in [0.15, 0.2) is 29.8 Å². The van der Waals surface area contributed by atoms with Crippen LogP contribution in [0.4, 0.5) is 0 Å². The van der Waals surface area contributed by atoms with Crippen molar-refractivity contribution in [3.05, 3.63) is 41.1 Å². The van der Waals surface area contributed by atoms with E-state index in [-0.39, 0.29) is 34.6 Å². The molecule has 0 spiro atoms. The van der Waals surface area contributed by atoms with Gasteiger partial charge in [0, 0.05) is 42.6 Å². The average Bonchev–Trinajstić information content (AvgIpc) is 3.14. The molecule has 7 nitrogen and oxygen atoms in total. The van der Waals surface area contributed by atoms with Crippen molar-refractivity contribution < 1.29 is 19.4 Å². The Labute approximate surface area is 195 Å². The first-order valence-corrected chi connectivity index (χ1v) is 12.0. The molecule has 3 saturated carbocycles. The van der Waals surface area contributed by atoms with Gasteiger partial charge in [0.05, 0.1) is 6.10 Å². The Balaban J connectivity index is 1.86. The van der Waals surface area contributed by atoms with E-state index in [2.05, 4.69) is 32.3 Å². The lowest BCUT2D eigenvalue weighted by Crippen LogP contribution is -2.63. The third-order valence-corrected chi connectivity index (χ3v) is 9.76. The smallest absolute Gasteiger partial charge is 0.363 e. The summed E-state index contributed by atoms with van der Waals surface area (Å²) in [7, 11) is 1.55. The molecule has 0 aliphatic heterocycles. The number of hydrogen-bond donors (Lipinski definition) is 1. The topological polar surface area (TPSA) is 98.5 Å². The van der Waals surface area contributed by atoms with Gasteiger partial charge >= 0.3 is 5.97 Å². The number of carbonyl (C=O) groups excluding carboxylic acids is 2. The molecular formula is C26H36N2O5. The van der Waals surface area contributed by atoms with Gasteiger partial charge in [0.2, 0.25) is 5.69 Å². The minimum absolute atomic E-state index is 0.0940. The highest BCUT2D eigenvalue weighted by Gasteiger charge is 2.68. The van der Waals surface area contributed by atoms with Crippen LogP contribution in [-0.2, 0) is 16.6 Å². The van der Waals surface area contributed by atoms with E-state index in [1.165, 1.54) is 17.0 Å². The average molecular weight is 457 g/mol. The van der Waals surface area contributed by atoms with Crippen molar-refractivity contribution in [2.75, 3.05) is 0 Å². The van der Waals surface area contributed by atoms with Crippen molar-refractivity contribution >= 4 is 11.8 Å². The largest absolute Gasteiger partial charge is 0.457 e. The molecule has 0 radical (unpaired) electrons. The molecule has 0 amide bonds. The molecule has 1 aromatic rings. The SMILES string of the molecule is C=C[C@]1(C)C[C@@H](OC(=O)c2nccn(C)c2=O)[C@@]2(C)C3C(=O)CCC3(CC[C@H]2C)[C@@H](C)[C@@H]1O. The lowest BCUT2D eigenvalue weighted by Gasteiger charge is -2.61. The molecule has 4 rings (SSSR count). The van der Waals surface area contributed by atoms with Gasteiger partial charge in [-0.25, -0.2) is 9.78 Å². The third kappa shape index (κ3) is 3.26. The molecule has 2 unspecified atom stereocenters. The molecule has 8 atom stereocenters. The number of nitrogens with zero attached hydrogens (tertiary/aromatic N) is 2. The molecule has 1 heterocycles. The van der Waals surface area contributed by atoms with Crippen molar-refractivity contribution in [1.82, 2.24) is 9.55 Å². The van der Waals surface area contributed by atoms with E-state index in [9.17, 15) is 19.5 Å². The number of aliphatic hydroxyl groups is 1. The number of carbonyl (C=O) groups is 2. The molecule has 3 fully saturated rings.